The second kappa shape index (κ2) is 30.9. The van der Waals surface area contributed by atoms with E-state index < -0.39 is 0 Å². The average molecular weight is 1680 g/mol. The van der Waals surface area contributed by atoms with Gasteiger partial charge in [-0.25, -0.2) is 0 Å². The Morgan fingerprint density at radius 1 is 0.168 bits per heavy atom. The van der Waals surface area contributed by atoms with Gasteiger partial charge in [0.05, 0.1) is 44.1 Å². The van der Waals surface area contributed by atoms with Gasteiger partial charge in [0, 0.05) is 111 Å². The van der Waals surface area contributed by atoms with Gasteiger partial charge >= 0.3 is 0 Å². The molecule has 6 aromatic heterocycles. The summed E-state index contributed by atoms with van der Waals surface area (Å²) >= 11 is 0. The van der Waals surface area contributed by atoms with E-state index in [1.807, 2.05) is 0 Å². The van der Waals surface area contributed by atoms with Gasteiger partial charge in [0.1, 0.15) is 0 Å². The van der Waals surface area contributed by atoms with E-state index in [1.54, 1.807) is 0 Å². The van der Waals surface area contributed by atoms with Crippen LogP contribution < -0.4 is 0 Å². The minimum atomic E-state index is 0. The zero-order valence-electron chi connectivity index (χ0n) is 72.9. The maximum atomic E-state index is 5.37. The van der Waals surface area contributed by atoms with E-state index in [0.29, 0.717) is 0 Å². The maximum absolute atomic E-state index is 5.37. The highest BCUT2D eigenvalue weighted by molar-refractivity contribution is 6.26. The first kappa shape index (κ1) is 78.0. The molecule has 0 aliphatic carbocycles. The summed E-state index contributed by atoms with van der Waals surface area (Å²) in [6.07, 6.45) is 0. The van der Waals surface area contributed by atoms with Crippen molar-refractivity contribution < 1.29 is 0 Å². The van der Waals surface area contributed by atoms with Crippen LogP contribution in [0.5, 0.6) is 0 Å². The molecule has 0 saturated carbocycles. The van der Waals surface area contributed by atoms with Crippen LogP contribution in [0.4, 0.5) is 0 Å². The van der Waals surface area contributed by atoms with Crippen molar-refractivity contribution in [1.82, 2.24) is 28.2 Å². The number of para-hydroxylation sites is 8. The van der Waals surface area contributed by atoms with Crippen LogP contribution in [0, 0.1) is 41.5 Å². The molecule has 20 aromatic carbocycles. The molecule has 620 valence electrons. The molecule has 0 amide bonds. The molecule has 6 nitrogen and oxygen atoms in total. The van der Waals surface area contributed by atoms with Gasteiger partial charge in [0.15, 0.2) is 0 Å². The number of fused-ring (bicyclic) bond motifs is 14. The van der Waals surface area contributed by atoms with Crippen molar-refractivity contribution in [1.29, 1.82) is 0 Å². The van der Waals surface area contributed by atoms with E-state index in [1.165, 1.54) is 202 Å². The number of rotatable bonds is 11. The third-order valence-corrected chi connectivity index (χ3v) is 27.8. The third-order valence-electron chi connectivity index (χ3n) is 27.8. The highest BCUT2D eigenvalue weighted by atomic mass is 15.0. The van der Waals surface area contributed by atoms with Crippen molar-refractivity contribution in [2.24, 2.45) is 0 Å². The molecule has 0 aliphatic rings. The number of aromatic nitrogens is 6. The van der Waals surface area contributed by atoms with E-state index in [9.17, 15) is 0 Å². The Labute approximate surface area is 760 Å². The van der Waals surface area contributed by atoms with Gasteiger partial charge in [-0.15, -0.1) is 0 Å². The van der Waals surface area contributed by atoms with Crippen LogP contribution in [0.25, 0.3) is 242 Å². The molecule has 131 heavy (non-hydrogen) atoms. The van der Waals surface area contributed by atoms with Crippen molar-refractivity contribution >= 4 is 141 Å². The maximum Gasteiger partial charge on any atom is 0.0541 e. The highest BCUT2D eigenvalue weighted by Gasteiger charge is 2.27. The molecule has 6 heterocycles. The fraction of sp³-hybridized carbons (Fsp3) is 0.0560. The van der Waals surface area contributed by atoms with Crippen LogP contribution in [-0.2, 0) is 0 Å². The predicted molar refractivity (Wildman–Crippen MR) is 558 cm³/mol. The summed E-state index contributed by atoms with van der Waals surface area (Å²) < 4.78 is 9.76. The molecular formula is C125H90N6. The molecule has 0 radical (unpaired) electrons. The lowest BCUT2D eigenvalue weighted by atomic mass is 9.86. The first-order chi connectivity index (χ1) is 64.0. The first-order valence-corrected chi connectivity index (χ1v) is 45.1. The first-order valence-electron chi connectivity index (χ1n) is 45.1. The zero-order valence-corrected chi connectivity index (χ0v) is 72.9. The molecule has 0 aliphatic heterocycles. The number of pyridine rings is 2. The summed E-state index contributed by atoms with van der Waals surface area (Å²) in [5.74, 6) is 0. The van der Waals surface area contributed by atoms with Gasteiger partial charge in [0.25, 0.3) is 0 Å². The Hall–Kier alpha value is -16.5. The standard InChI is InChI=1S/C70H49N3.C54H37N3.CH4/c1-44-69(45(2)71-46(3)70(44)54-39-52(59-28-16-20-48-18-4-6-22-57(48)59)38-53(40-54)60-29-17-21-49-19-5-7-23-58(49)60)50-36-34-47(35-37-50)51-41-55(72-65-30-12-8-24-61(65)62-25-9-13-31-66(62)72)43-56(42-51)73-67-32-14-10-26-63(67)64-27-11-15-33-68(64)73;1-32-51(33(2)55-34(3)52(32)45-27-26-37-24-23-35-13-12-14-36-25-28-46(45)54(37)53(35)36)38-29-39(56-47-19-8-4-15-41(47)42-16-5-9-20-48(42)56)31-40(30-38)57-49-21-10-6-17-43(49)44-18-7-11-22-50(44)57;/h4-43H,1-3H3;4-31H,1-3H3;1H4. The Morgan fingerprint density at radius 3 is 0.824 bits per heavy atom. The molecule has 0 atom stereocenters. The van der Waals surface area contributed by atoms with E-state index in [0.717, 1.165) is 73.3 Å². The molecule has 26 aromatic rings. The van der Waals surface area contributed by atoms with E-state index >= 15 is 0 Å². The average Bonchev–Trinajstić information content (AvgIpc) is 1.73. The van der Waals surface area contributed by atoms with Crippen LogP contribution in [0.15, 0.2) is 413 Å². The molecule has 0 bridgehead atoms. The number of benzene rings is 20. The number of aryl methyl sites for hydroxylation is 4. The van der Waals surface area contributed by atoms with Gasteiger partial charge in [0.2, 0.25) is 0 Å². The normalized spacial score (nSPS) is 11.8. The Bertz CT molecular complexity index is 8600. The summed E-state index contributed by atoms with van der Waals surface area (Å²) in [5.41, 5.74) is 37.0. The van der Waals surface area contributed by atoms with E-state index in [-0.39, 0.29) is 7.43 Å². The molecule has 0 N–H and O–H groups in total. The zero-order chi connectivity index (χ0) is 86.7. The molecule has 0 fully saturated rings. The second-order valence-corrected chi connectivity index (χ2v) is 35.2. The van der Waals surface area contributed by atoms with Gasteiger partial charge < -0.3 is 18.3 Å². The summed E-state index contributed by atoms with van der Waals surface area (Å²) in [4.78, 5) is 10.7. The summed E-state index contributed by atoms with van der Waals surface area (Å²) in [5, 5.41) is 22.7. The minimum Gasteiger partial charge on any atom is -0.309 e. The van der Waals surface area contributed by atoms with E-state index in [2.05, 4.69) is 472 Å². The lowest BCUT2D eigenvalue weighted by Crippen LogP contribution is -2.03. The van der Waals surface area contributed by atoms with Crippen molar-refractivity contribution in [3.8, 4) is 101 Å². The van der Waals surface area contributed by atoms with Gasteiger partial charge in [-0.05, 0) is 265 Å². The van der Waals surface area contributed by atoms with Gasteiger partial charge in [-0.1, -0.05) is 317 Å². The lowest BCUT2D eigenvalue weighted by Gasteiger charge is -2.21. The Kier molecular flexibility index (Phi) is 18.4. The van der Waals surface area contributed by atoms with Crippen LogP contribution >= 0.6 is 0 Å². The minimum absolute atomic E-state index is 0. The van der Waals surface area contributed by atoms with Crippen LogP contribution in [0.3, 0.4) is 0 Å². The fourth-order valence-electron chi connectivity index (χ4n) is 22.4. The summed E-state index contributed by atoms with van der Waals surface area (Å²) in [6.45, 7) is 13.3. The molecule has 0 saturated heterocycles. The van der Waals surface area contributed by atoms with Gasteiger partial charge in [-0.3, -0.25) is 9.97 Å². The third kappa shape index (κ3) is 12.5. The largest absolute Gasteiger partial charge is 0.309 e. The van der Waals surface area contributed by atoms with Crippen molar-refractivity contribution in [2.75, 3.05) is 0 Å². The van der Waals surface area contributed by atoms with Crippen LogP contribution in [-0.4, -0.2) is 28.2 Å². The molecule has 0 spiro atoms. The fourth-order valence-corrected chi connectivity index (χ4v) is 22.4. The predicted octanol–water partition coefficient (Wildman–Crippen LogP) is 33.9. The Morgan fingerprint density at radius 2 is 0.435 bits per heavy atom. The number of nitrogens with zero attached hydrogens (tertiary/aromatic N) is 6. The summed E-state index contributed by atoms with van der Waals surface area (Å²) in [6, 6.07) is 152. The monoisotopic (exact) mass is 1670 g/mol. The number of hydrogen-bond acceptors (Lipinski definition) is 2. The smallest absolute Gasteiger partial charge is 0.0541 e. The molecule has 6 heteroatoms. The SMILES string of the molecule is C.Cc1nc(C)c(-c2cc(-c3cccc4ccccc34)cc(-c3cccc4ccccc34)c2)c(C)c1-c1ccc(-c2cc(-n3c4ccccc4c4ccccc43)cc(-n3c4ccccc4c4ccccc43)c2)cc1.Cc1nc(C)c(-c2ccc3ccc4cccc5ccc2c3c45)c(C)c1-c1cc(-n2c3ccccc3c3ccccc32)cc(-n2c3ccccc3c3ccccc32)c1. The lowest BCUT2D eigenvalue weighted by molar-refractivity contribution is 1.10. The van der Waals surface area contributed by atoms with E-state index in [4.69, 9.17) is 9.97 Å². The van der Waals surface area contributed by atoms with Crippen molar-refractivity contribution in [3.63, 3.8) is 0 Å². The van der Waals surface area contributed by atoms with Crippen molar-refractivity contribution in [3.05, 3.63) is 446 Å². The number of hydrogen-bond donors (Lipinski definition) is 0. The topological polar surface area (TPSA) is 45.5 Å². The van der Waals surface area contributed by atoms with Gasteiger partial charge in [-0.2, -0.15) is 0 Å². The van der Waals surface area contributed by atoms with Crippen LogP contribution in [0.2, 0.25) is 0 Å². The quantitative estimate of drug-likeness (QED) is 0.121. The second-order valence-electron chi connectivity index (χ2n) is 35.2. The summed E-state index contributed by atoms with van der Waals surface area (Å²) in [7, 11) is 0. The molecular weight excluding hydrogens is 1590 g/mol. The highest BCUT2D eigenvalue weighted by Crippen LogP contribution is 2.49. The molecule has 0 unspecified atom stereocenters. The van der Waals surface area contributed by atoms with Crippen LogP contribution in [0.1, 0.15) is 41.3 Å². The Balaban J connectivity index is 0.000000148. The molecule has 26 rings (SSSR count). The van der Waals surface area contributed by atoms with Crippen molar-refractivity contribution in [2.45, 2.75) is 49.0 Å².